The fourth-order valence-corrected chi connectivity index (χ4v) is 1.64. The van der Waals surface area contributed by atoms with Crippen LogP contribution >= 0.6 is 0 Å². The van der Waals surface area contributed by atoms with Crippen LogP contribution in [0.5, 0.6) is 5.75 Å². The Labute approximate surface area is 110 Å². The first kappa shape index (κ1) is 13.0. The summed E-state index contributed by atoms with van der Waals surface area (Å²) in [6.45, 7) is 4.07. The summed E-state index contributed by atoms with van der Waals surface area (Å²) in [6.07, 6.45) is 1.44. The van der Waals surface area contributed by atoms with Gasteiger partial charge in [-0.2, -0.15) is 10.4 Å². The molecule has 2 rings (SSSR count). The quantitative estimate of drug-likeness (QED) is 0.847. The molecule has 0 aliphatic heterocycles. The number of aromatic nitrogens is 3. The summed E-state index contributed by atoms with van der Waals surface area (Å²) < 4.78 is 20.7. The summed E-state index contributed by atoms with van der Waals surface area (Å²) in [7, 11) is 0. The molecule has 0 saturated carbocycles. The van der Waals surface area contributed by atoms with Gasteiger partial charge in [0.2, 0.25) is 0 Å². The number of nitrogens with zero attached hydrogens (tertiary/aromatic N) is 4. The molecule has 0 saturated heterocycles. The molecule has 0 unspecified atom stereocenters. The Balaban J connectivity index is 2.11. The highest BCUT2D eigenvalue weighted by Gasteiger charge is 2.10. The lowest BCUT2D eigenvalue weighted by molar-refractivity contribution is 0.269. The highest BCUT2D eigenvalue weighted by atomic mass is 19.1. The molecule has 0 amide bonds. The lowest BCUT2D eigenvalue weighted by atomic mass is 10.2. The van der Waals surface area contributed by atoms with Gasteiger partial charge in [0.1, 0.15) is 12.9 Å². The summed E-state index contributed by atoms with van der Waals surface area (Å²) >= 11 is 0. The molecule has 0 fully saturated rings. The van der Waals surface area contributed by atoms with E-state index in [2.05, 4.69) is 10.1 Å². The van der Waals surface area contributed by atoms with E-state index in [4.69, 9.17) is 10.00 Å². The predicted molar refractivity (Wildman–Crippen MR) is 65.9 cm³/mol. The van der Waals surface area contributed by atoms with Crippen molar-refractivity contribution in [3.8, 4) is 11.8 Å². The molecule has 0 radical (unpaired) electrons. The fraction of sp³-hybridized carbons (Fsp3) is 0.308. The van der Waals surface area contributed by atoms with Crippen LogP contribution < -0.4 is 4.74 Å². The van der Waals surface area contributed by atoms with E-state index >= 15 is 0 Å². The molecule has 1 heterocycles. The lowest BCUT2D eigenvalue weighted by Gasteiger charge is -2.10. The zero-order chi connectivity index (χ0) is 13.8. The molecule has 0 aliphatic rings. The molecule has 6 heteroatoms. The van der Waals surface area contributed by atoms with Crippen LogP contribution in [-0.2, 0) is 6.61 Å². The van der Waals surface area contributed by atoms with Gasteiger partial charge in [0.05, 0.1) is 11.6 Å². The summed E-state index contributed by atoms with van der Waals surface area (Å²) in [6, 6.07) is 6.11. The van der Waals surface area contributed by atoms with Gasteiger partial charge in [-0.1, -0.05) is 0 Å². The van der Waals surface area contributed by atoms with Crippen LogP contribution in [-0.4, -0.2) is 14.8 Å². The highest BCUT2D eigenvalue weighted by Crippen LogP contribution is 2.19. The van der Waals surface area contributed by atoms with E-state index in [1.807, 2.05) is 19.9 Å². The molecule has 2 aromatic rings. The van der Waals surface area contributed by atoms with Gasteiger partial charge in [0.15, 0.2) is 17.4 Å². The van der Waals surface area contributed by atoms with E-state index in [0.717, 1.165) is 6.07 Å². The second-order valence-electron chi connectivity index (χ2n) is 4.26. The van der Waals surface area contributed by atoms with Gasteiger partial charge >= 0.3 is 0 Å². The molecule has 0 aliphatic carbocycles. The zero-order valence-electron chi connectivity index (χ0n) is 10.7. The van der Waals surface area contributed by atoms with Crippen LogP contribution in [0, 0.1) is 17.1 Å². The minimum Gasteiger partial charge on any atom is -0.483 e. The van der Waals surface area contributed by atoms with Crippen LogP contribution in [0.3, 0.4) is 0 Å². The maximum absolute atomic E-state index is 13.6. The van der Waals surface area contributed by atoms with Crippen molar-refractivity contribution in [2.75, 3.05) is 0 Å². The van der Waals surface area contributed by atoms with E-state index in [1.54, 1.807) is 4.68 Å². The number of rotatable bonds is 4. The van der Waals surface area contributed by atoms with E-state index in [-0.39, 0.29) is 24.0 Å². The van der Waals surface area contributed by atoms with Gasteiger partial charge in [-0.25, -0.2) is 14.1 Å². The van der Waals surface area contributed by atoms with Crippen LogP contribution in [0.1, 0.15) is 31.3 Å². The van der Waals surface area contributed by atoms with Gasteiger partial charge in [0, 0.05) is 6.04 Å². The Morgan fingerprint density at radius 1 is 1.47 bits per heavy atom. The molecule has 5 nitrogen and oxygen atoms in total. The second kappa shape index (κ2) is 5.48. The van der Waals surface area contributed by atoms with Crippen molar-refractivity contribution in [3.05, 3.63) is 41.7 Å². The smallest absolute Gasteiger partial charge is 0.166 e. The molecule has 98 valence electrons. The van der Waals surface area contributed by atoms with Crippen molar-refractivity contribution in [1.82, 2.24) is 14.8 Å². The summed E-state index contributed by atoms with van der Waals surface area (Å²) in [5.74, 6) is 0.158. The molecule has 0 spiro atoms. The van der Waals surface area contributed by atoms with Gasteiger partial charge in [-0.05, 0) is 32.0 Å². The van der Waals surface area contributed by atoms with Crippen LogP contribution in [0.25, 0.3) is 0 Å². The lowest BCUT2D eigenvalue weighted by Crippen LogP contribution is -2.11. The SMILES string of the molecule is CC(C)n1ncnc1COc1ccc(C#N)cc1F. The molecular formula is C13H13FN4O. The molecule has 1 aromatic heterocycles. The number of ether oxygens (including phenoxy) is 1. The third kappa shape index (κ3) is 2.88. The van der Waals surface area contributed by atoms with Gasteiger partial charge in [-0.3, -0.25) is 0 Å². The molecule has 1 aromatic carbocycles. The highest BCUT2D eigenvalue weighted by molar-refractivity contribution is 5.35. The number of hydrogen-bond donors (Lipinski definition) is 0. The van der Waals surface area contributed by atoms with Crippen molar-refractivity contribution in [2.24, 2.45) is 0 Å². The number of hydrogen-bond acceptors (Lipinski definition) is 4. The Morgan fingerprint density at radius 3 is 2.89 bits per heavy atom. The number of benzene rings is 1. The Bertz CT molecular complexity index is 615. The first-order valence-corrected chi connectivity index (χ1v) is 5.82. The molecule has 19 heavy (non-hydrogen) atoms. The minimum atomic E-state index is -0.560. The van der Waals surface area contributed by atoms with E-state index < -0.39 is 5.82 Å². The topological polar surface area (TPSA) is 63.7 Å². The summed E-state index contributed by atoms with van der Waals surface area (Å²) in [5, 5.41) is 12.7. The Kier molecular flexibility index (Phi) is 3.76. The van der Waals surface area contributed by atoms with Crippen molar-refractivity contribution in [1.29, 1.82) is 5.26 Å². The maximum Gasteiger partial charge on any atom is 0.166 e. The van der Waals surface area contributed by atoms with Gasteiger partial charge in [0.25, 0.3) is 0 Å². The Hall–Kier alpha value is -2.42. The minimum absolute atomic E-state index is 0.0947. The largest absolute Gasteiger partial charge is 0.483 e. The monoisotopic (exact) mass is 260 g/mol. The van der Waals surface area contributed by atoms with Gasteiger partial charge < -0.3 is 4.74 Å². The average Bonchev–Trinajstić information content (AvgIpc) is 2.85. The zero-order valence-corrected chi connectivity index (χ0v) is 10.7. The van der Waals surface area contributed by atoms with Crippen molar-refractivity contribution >= 4 is 0 Å². The normalized spacial score (nSPS) is 10.5. The summed E-state index contributed by atoms with van der Waals surface area (Å²) in [4.78, 5) is 4.07. The van der Waals surface area contributed by atoms with E-state index in [0.29, 0.717) is 5.82 Å². The number of nitriles is 1. The van der Waals surface area contributed by atoms with Crippen molar-refractivity contribution in [3.63, 3.8) is 0 Å². The summed E-state index contributed by atoms with van der Waals surface area (Å²) in [5.41, 5.74) is 0.259. The third-order valence-electron chi connectivity index (χ3n) is 2.55. The van der Waals surface area contributed by atoms with E-state index in [1.165, 1.54) is 18.5 Å². The van der Waals surface area contributed by atoms with Crippen LogP contribution in [0.15, 0.2) is 24.5 Å². The van der Waals surface area contributed by atoms with E-state index in [9.17, 15) is 4.39 Å². The fourth-order valence-electron chi connectivity index (χ4n) is 1.64. The first-order valence-electron chi connectivity index (χ1n) is 5.82. The molecule has 0 N–H and O–H groups in total. The predicted octanol–water partition coefficient (Wildman–Crippen LogP) is 2.45. The Morgan fingerprint density at radius 2 is 2.26 bits per heavy atom. The second-order valence-corrected chi connectivity index (χ2v) is 4.26. The van der Waals surface area contributed by atoms with Gasteiger partial charge in [-0.15, -0.1) is 0 Å². The first-order chi connectivity index (χ1) is 9.11. The van der Waals surface area contributed by atoms with Crippen molar-refractivity contribution in [2.45, 2.75) is 26.5 Å². The third-order valence-corrected chi connectivity index (χ3v) is 2.55. The molecular weight excluding hydrogens is 247 g/mol. The maximum atomic E-state index is 13.6. The van der Waals surface area contributed by atoms with Crippen LogP contribution in [0.2, 0.25) is 0 Å². The molecule has 0 bridgehead atoms. The standard InChI is InChI=1S/C13H13FN4O/c1-9(2)18-13(16-8-17-18)7-19-12-4-3-10(6-15)5-11(12)14/h3-5,8-9H,7H2,1-2H3. The van der Waals surface area contributed by atoms with Crippen molar-refractivity contribution < 1.29 is 9.13 Å². The van der Waals surface area contributed by atoms with Crippen LogP contribution in [0.4, 0.5) is 4.39 Å². The average molecular weight is 260 g/mol. The molecule has 0 atom stereocenters. The number of halogens is 1.